The minimum Gasteiger partial charge on any atom is -0.491 e. The Labute approximate surface area is 102 Å². The van der Waals surface area contributed by atoms with Gasteiger partial charge in [0.1, 0.15) is 0 Å². The molecule has 0 bridgehead atoms. The van der Waals surface area contributed by atoms with Crippen LogP contribution in [0, 0.1) is 5.92 Å². The molecule has 1 fully saturated rings. The molecule has 5 heteroatoms. The fraction of sp³-hybridized carbons (Fsp3) is 0.750. The molecule has 0 spiro atoms. The van der Waals surface area contributed by atoms with E-state index < -0.39 is 0 Å². The minimum atomic E-state index is 0.409. The molecule has 2 heterocycles. The van der Waals surface area contributed by atoms with Crippen LogP contribution >= 0.6 is 0 Å². The van der Waals surface area contributed by atoms with Crippen molar-refractivity contribution in [1.29, 1.82) is 0 Å². The highest BCUT2D eigenvalue weighted by atomic mass is 16.5. The first-order chi connectivity index (χ1) is 8.33. The number of hydrogen-bond donors (Lipinski definition) is 1. The predicted molar refractivity (Wildman–Crippen MR) is 65.2 cm³/mol. The van der Waals surface area contributed by atoms with Crippen LogP contribution in [0.2, 0.25) is 0 Å². The van der Waals surface area contributed by atoms with Crippen LogP contribution in [0.4, 0.5) is 0 Å². The van der Waals surface area contributed by atoms with Crippen molar-refractivity contribution < 1.29 is 9.47 Å². The Hall–Kier alpha value is -1.07. The lowest BCUT2D eigenvalue weighted by Gasteiger charge is -2.21. The maximum atomic E-state index is 5.43. The first kappa shape index (κ1) is 12.4. The summed E-state index contributed by atoms with van der Waals surface area (Å²) in [6.45, 7) is 5.25. The van der Waals surface area contributed by atoms with E-state index >= 15 is 0 Å². The summed E-state index contributed by atoms with van der Waals surface area (Å²) in [5.74, 6) is 1.42. The van der Waals surface area contributed by atoms with Crippen molar-refractivity contribution in [3.63, 3.8) is 0 Å². The zero-order valence-electron chi connectivity index (χ0n) is 10.6. The molecule has 1 aromatic rings. The summed E-state index contributed by atoms with van der Waals surface area (Å²) in [5.41, 5.74) is 0. The van der Waals surface area contributed by atoms with Gasteiger partial charge in [0.05, 0.1) is 32.2 Å². The van der Waals surface area contributed by atoms with E-state index in [1.807, 2.05) is 24.9 Å². The van der Waals surface area contributed by atoms with Gasteiger partial charge < -0.3 is 14.8 Å². The Bertz CT molecular complexity index is 334. The summed E-state index contributed by atoms with van der Waals surface area (Å²) in [5, 5.41) is 7.66. The Morgan fingerprint density at radius 1 is 1.71 bits per heavy atom. The maximum Gasteiger partial charge on any atom is 0.157 e. The van der Waals surface area contributed by atoms with Crippen LogP contribution < -0.4 is 10.1 Å². The second-order valence-electron chi connectivity index (χ2n) is 4.35. The third kappa shape index (κ3) is 3.20. The monoisotopic (exact) mass is 239 g/mol. The van der Waals surface area contributed by atoms with E-state index in [2.05, 4.69) is 10.4 Å². The van der Waals surface area contributed by atoms with E-state index in [0.29, 0.717) is 18.6 Å². The van der Waals surface area contributed by atoms with Crippen molar-refractivity contribution in [3.05, 3.63) is 12.4 Å². The molecule has 2 unspecified atom stereocenters. The van der Waals surface area contributed by atoms with Gasteiger partial charge in [0.25, 0.3) is 0 Å². The number of aromatic nitrogens is 2. The van der Waals surface area contributed by atoms with E-state index in [1.165, 1.54) is 0 Å². The minimum absolute atomic E-state index is 0.409. The van der Waals surface area contributed by atoms with Crippen molar-refractivity contribution in [2.24, 2.45) is 5.92 Å². The lowest BCUT2D eigenvalue weighted by atomic mass is 9.99. The van der Waals surface area contributed by atoms with E-state index in [1.54, 1.807) is 6.20 Å². The Kier molecular flexibility index (Phi) is 4.39. The molecule has 1 saturated heterocycles. The predicted octanol–water partition coefficient (Wildman–Crippen LogP) is 0.906. The molecule has 1 aliphatic rings. The molecular weight excluding hydrogens is 218 g/mol. The van der Waals surface area contributed by atoms with Crippen LogP contribution in [0.15, 0.2) is 12.4 Å². The van der Waals surface area contributed by atoms with Gasteiger partial charge in [0.15, 0.2) is 5.75 Å². The normalized spacial score (nSPS) is 21.6. The van der Waals surface area contributed by atoms with Crippen molar-refractivity contribution >= 4 is 0 Å². The van der Waals surface area contributed by atoms with Crippen LogP contribution in [-0.4, -0.2) is 42.7 Å². The molecule has 0 saturated carbocycles. The Balaban J connectivity index is 1.92. The molecule has 5 nitrogen and oxygen atoms in total. The quantitative estimate of drug-likeness (QED) is 0.801. The third-order valence-electron chi connectivity index (χ3n) is 3.21. The summed E-state index contributed by atoms with van der Waals surface area (Å²) >= 11 is 0. The van der Waals surface area contributed by atoms with Gasteiger partial charge in [-0.1, -0.05) is 0 Å². The molecule has 17 heavy (non-hydrogen) atoms. The summed E-state index contributed by atoms with van der Waals surface area (Å²) < 4.78 is 12.8. The van der Waals surface area contributed by atoms with E-state index in [9.17, 15) is 0 Å². The van der Waals surface area contributed by atoms with Crippen molar-refractivity contribution in [3.8, 4) is 5.75 Å². The van der Waals surface area contributed by atoms with Crippen molar-refractivity contribution in [2.45, 2.75) is 25.9 Å². The van der Waals surface area contributed by atoms with Gasteiger partial charge in [-0.05, 0) is 20.4 Å². The zero-order chi connectivity index (χ0) is 12.1. The van der Waals surface area contributed by atoms with Crippen LogP contribution in [0.25, 0.3) is 0 Å². The number of nitrogens with one attached hydrogen (secondary N) is 1. The largest absolute Gasteiger partial charge is 0.491 e. The molecule has 0 radical (unpaired) electrons. The number of ether oxygens (including phenoxy) is 2. The molecule has 0 aromatic carbocycles. The fourth-order valence-electron chi connectivity index (χ4n) is 2.23. The summed E-state index contributed by atoms with van der Waals surface area (Å²) in [4.78, 5) is 0. The molecule has 2 rings (SSSR count). The summed E-state index contributed by atoms with van der Waals surface area (Å²) in [6.07, 6.45) is 4.84. The highest BCUT2D eigenvalue weighted by molar-refractivity contribution is 5.11. The molecule has 1 N–H and O–H groups in total. The van der Waals surface area contributed by atoms with E-state index in [0.717, 1.165) is 31.9 Å². The fourth-order valence-corrected chi connectivity index (χ4v) is 2.23. The topological polar surface area (TPSA) is 48.3 Å². The van der Waals surface area contributed by atoms with Gasteiger partial charge in [0, 0.05) is 18.6 Å². The number of nitrogens with zero attached hydrogens (tertiary/aromatic N) is 2. The van der Waals surface area contributed by atoms with E-state index in [4.69, 9.17) is 9.47 Å². The number of likely N-dealkylation sites (N-methyl/N-ethyl adjacent to an activating group) is 1. The van der Waals surface area contributed by atoms with Gasteiger partial charge in [-0.2, -0.15) is 5.10 Å². The molecule has 1 aromatic heterocycles. The second-order valence-corrected chi connectivity index (χ2v) is 4.35. The average molecular weight is 239 g/mol. The number of rotatable bonds is 6. The first-order valence-corrected chi connectivity index (χ1v) is 6.23. The van der Waals surface area contributed by atoms with Crippen LogP contribution in [0.5, 0.6) is 5.75 Å². The maximum absolute atomic E-state index is 5.43. The molecule has 0 amide bonds. The zero-order valence-corrected chi connectivity index (χ0v) is 10.6. The van der Waals surface area contributed by atoms with Crippen molar-refractivity contribution in [1.82, 2.24) is 15.1 Å². The second kappa shape index (κ2) is 6.02. The molecule has 96 valence electrons. The first-order valence-electron chi connectivity index (χ1n) is 6.23. The van der Waals surface area contributed by atoms with Crippen molar-refractivity contribution in [2.75, 3.05) is 26.9 Å². The van der Waals surface area contributed by atoms with Crippen LogP contribution in [-0.2, 0) is 11.3 Å². The Morgan fingerprint density at radius 3 is 3.24 bits per heavy atom. The average Bonchev–Trinajstić information content (AvgIpc) is 2.97. The molecule has 0 aliphatic carbocycles. The smallest absolute Gasteiger partial charge is 0.157 e. The SMILES string of the molecule is CCOc1cnn(CC(NC)C2CCOC2)c1. The Morgan fingerprint density at radius 2 is 2.59 bits per heavy atom. The lowest BCUT2D eigenvalue weighted by molar-refractivity contribution is 0.174. The number of hydrogen-bond acceptors (Lipinski definition) is 4. The highest BCUT2D eigenvalue weighted by Crippen LogP contribution is 2.18. The molecule has 2 atom stereocenters. The standard InChI is InChI=1S/C12H21N3O2/c1-3-17-11-6-14-15(7-11)8-12(13-2)10-4-5-16-9-10/h6-7,10,12-13H,3-5,8-9H2,1-2H3. The van der Waals surface area contributed by atoms with Crippen LogP contribution in [0.3, 0.4) is 0 Å². The van der Waals surface area contributed by atoms with Gasteiger partial charge in [-0.25, -0.2) is 0 Å². The lowest BCUT2D eigenvalue weighted by Crippen LogP contribution is -2.37. The molecule has 1 aliphatic heterocycles. The summed E-state index contributed by atoms with van der Waals surface area (Å²) in [6, 6.07) is 0.409. The van der Waals surface area contributed by atoms with Crippen LogP contribution in [0.1, 0.15) is 13.3 Å². The third-order valence-corrected chi connectivity index (χ3v) is 3.21. The van der Waals surface area contributed by atoms with Gasteiger partial charge in [-0.15, -0.1) is 0 Å². The van der Waals surface area contributed by atoms with Gasteiger partial charge in [0.2, 0.25) is 0 Å². The highest BCUT2D eigenvalue weighted by Gasteiger charge is 2.25. The summed E-state index contributed by atoms with van der Waals surface area (Å²) in [7, 11) is 2.00. The van der Waals surface area contributed by atoms with Gasteiger partial charge in [-0.3, -0.25) is 4.68 Å². The molecular formula is C12H21N3O2. The van der Waals surface area contributed by atoms with Gasteiger partial charge >= 0.3 is 0 Å². The van der Waals surface area contributed by atoms with E-state index in [-0.39, 0.29) is 0 Å².